The normalized spacial score (nSPS) is 11.2. The number of nitrogens with zero attached hydrogens (tertiary/aromatic N) is 2. The molecule has 0 saturated heterocycles. The van der Waals surface area contributed by atoms with Crippen LogP contribution in [-0.4, -0.2) is 4.57 Å². The van der Waals surface area contributed by atoms with Gasteiger partial charge >= 0.3 is 0 Å². The minimum atomic E-state index is 1.16. The second-order valence-corrected chi connectivity index (χ2v) is 6.10. The van der Waals surface area contributed by atoms with Gasteiger partial charge in [0.1, 0.15) is 12.4 Å². The molecular weight excluding hydrogens is 244 g/mol. The van der Waals surface area contributed by atoms with Crippen molar-refractivity contribution in [2.75, 3.05) is 0 Å². The van der Waals surface area contributed by atoms with Crippen molar-refractivity contribution in [1.29, 1.82) is 0 Å². The fourth-order valence-electron chi connectivity index (χ4n) is 2.91. The van der Waals surface area contributed by atoms with Crippen LogP contribution in [0.25, 0.3) is 0 Å². The van der Waals surface area contributed by atoms with Gasteiger partial charge in [0.15, 0.2) is 0 Å². The summed E-state index contributed by atoms with van der Waals surface area (Å²) in [5, 5.41) is 0. The lowest BCUT2D eigenvalue weighted by atomic mass is 10.1. The van der Waals surface area contributed by atoms with Crippen LogP contribution in [-0.2, 0) is 20.0 Å². The van der Waals surface area contributed by atoms with Gasteiger partial charge in [-0.3, -0.25) is 0 Å². The summed E-state index contributed by atoms with van der Waals surface area (Å²) in [5.74, 6) is 1.50. The molecule has 0 amide bonds. The second-order valence-electron chi connectivity index (χ2n) is 6.10. The van der Waals surface area contributed by atoms with E-state index in [0.29, 0.717) is 0 Å². The maximum Gasteiger partial charge on any atom is 0.256 e. The van der Waals surface area contributed by atoms with Gasteiger partial charge in [0.05, 0.1) is 13.6 Å². The minimum Gasteiger partial charge on any atom is -0.237 e. The Balaban J connectivity index is 2.08. The zero-order chi connectivity index (χ0) is 14.6. The van der Waals surface area contributed by atoms with Crippen LogP contribution in [0, 0.1) is 0 Å². The molecule has 2 heteroatoms. The summed E-state index contributed by atoms with van der Waals surface area (Å²) in [5.41, 5.74) is 0. The largest absolute Gasteiger partial charge is 0.256 e. The first kappa shape index (κ1) is 17.3. The third-order valence-corrected chi connectivity index (χ3v) is 4.18. The van der Waals surface area contributed by atoms with Crippen LogP contribution >= 0.6 is 0 Å². The lowest BCUT2D eigenvalue weighted by Gasteiger charge is -2.03. The van der Waals surface area contributed by atoms with Crippen molar-refractivity contribution in [2.45, 2.75) is 91.0 Å². The molecule has 0 N–H and O–H groups in total. The molecule has 0 fully saturated rings. The number of hydrogen-bond acceptors (Lipinski definition) is 0. The molecule has 0 bridgehead atoms. The molecule has 0 unspecified atom stereocenters. The topological polar surface area (TPSA) is 8.81 Å². The Hall–Kier alpha value is -0.790. The van der Waals surface area contributed by atoms with E-state index in [1.54, 1.807) is 0 Å². The minimum absolute atomic E-state index is 1.16. The van der Waals surface area contributed by atoms with Crippen LogP contribution in [0.1, 0.15) is 83.9 Å². The molecule has 0 aliphatic heterocycles. The summed E-state index contributed by atoms with van der Waals surface area (Å²) in [7, 11) is 2.18. The van der Waals surface area contributed by atoms with E-state index in [9.17, 15) is 0 Å². The smallest absolute Gasteiger partial charge is 0.237 e. The lowest BCUT2D eigenvalue weighted by Crippen LogP contribution is -2.32. The third kappa shape index (κ3) is 6.58. The van der Waals surface area contributed by atoms with Gasteiger partial charge in [-0.05, 0) is 12.8 Å². The molecule has 2 nitrogen and oxygen atoms in total. The first-order valence-electron chi connectivity index (χ1n) is 8.83. The van der Waals surface area contributed by atoms with Crippen LogP contribution in [0.15, 0.2) is 12.4 Å². The molecule has 1 heterocycles. The van der Waals surface area contributed by atoms with E-state index in [0.717, 1.165) is 6.54 Å². The Morgan fingerprint density at radius 2 is 1.45 bits per heavy atom. The van der Waals surface area contributed by atoms with Crippen molar-refractivity contribution >= 4 is 0 Å². The Morgan fingerprint density at radius 3 is 2.05 bits per heavy atom. The summed E-state index contributed by atoms with van der Waals surface area (Å²) in [6.45, 7) is 5.70. The summed E-state index contributed by atoms with van der Waals surface area (Å²) in [6.07, 6.45) is 19.6. The molecule has 0 aliphatic carbocycles. The van der Waals surface area contributed by atoms with Crippen LogP contribution in [0.2, 0.25) is 0 Å². The van der Waals surface area contributed by atoms with Gasteiger partial charge in [-0.25, -0.2) is 9.13 Å². The van der Waals surface area contributed by atoms with E-state index in [-0.39, 0.29) is 0 Å². The highest BCUT2D eigenvalue weighted by molar-refractivity contribution is 4.83. The Morgan fingerprint density at radius 1 is 0.850 bits per heavy atom. The van der Waals surface area contributed by atoms with Crippen molar-refractivity contribution in [2.24, 2.45) is 7.05 Å². The number of unbranched alkanes of at least 4 members (excludes halogenated alkanes) is 8. The average molecular weight is 279 g/mol. The molecule has 116 valence electrons. The van der Waals surface area contributed by atoms with Crippen molar-refractivity contribution in [3.05, 3.63) is 18.2 Å². The fourth-order valence-corrected chi connectivity index (χ4v) is 2.91. The van der Waals surface area contributed by atoms with Crippen molar-refractivity contribution in [3.63, 3.8) is 0 Å². The first-order chi connectivity index (χ1) is 9.79. The van der Waals surface area contributed by atoms with Gasteiger partial charge in [0.2, 0.25) is 0 Å². The highest BCUT2D eigenvalue weighted by atomic mass is 15.1. The third-order valence-electron chi connectivity index (χ3n) is 4.18. The second kappa shape index (κ2) is 10.9. The molecule has 20 heavy (non-hydrogen) atoms. The van der Waals surface area contributed by atoms with Gasteiger partial charge in [-0.1, -0.05) is 65.2 Å². The number of aryl methyl sites for hydroxylation is 2. The fraction of sp³-hybridized carbons (Fsp3) is 0.833. The predicted octanol–water partition coefficient (Wildman–Crippen LogP) is 4.80. The van der Waals surface area contributed by atoms with Gasteiger partial charge in [-0.2, -0.15) is 0 Å². The average Bonchev–Trinajstić information content (AvgIpc) is 2.79. The van der Waals surface area contributed by atoms with Crippen molar-refractivity contribution in [1.82, 2.24) is 4.57 Å². The van der Waals surface area contributed by atoms with Crippen LogP contribution in [0.4, 0.5) is 0 Å². The van der Waals surface area contributed by atoms with E-state index in [1.807, 2.05) is 0 Å². The monoisotopic (exact) mass is 279 g/mol. The molecule has 0 radical (unpaired) electrons. The lowest BCUT2D eigenvalue weighted by molar-refractivity contribution is -0.678. The Bertz CT molecular complexity index is 341. The van der Waals surface area contributed by atoms with Crippen molar-refractivity contribution < 1.29 is 4.57 Å². The Kier molecular flexibility index (Phi) is 9.44. The van der Waals surface area contributed by atoms with Gasteiger partial charge in [0, 0.05) is 6.42 Å². The van der Waals surface area contributed by atoms with E-state index in [2.05, 4.69) is 42.4 Å². The van der Waals surface area contributed by atoms with Gasteiger partial charge < -0.3 is 0 Å². The molecule has 0 aliphatic rings. The first-order valence-corrected chi connectivity index (χ1v) is 8.83. The summed E-state index contributed by atoms with van der Waals surface area (Å²) < 4.78 is 4.71. The highest BCUT2D eigenvalue weighted by Crippen LogP contribution is 2.11. The summed E-state index contributed by atoms with van der Waals surface area (Å²) in [6, 6.07) is 0. The molecule has 0 aromatic carbocycles. The number of hydrogen-bond donors (Lipinski definition) is 0. The molecule has 1 aromatic rings. The van der Waals surface area contributed by atoms with E-state index >= 15 is 0 Å². The van der Waals surface area contributed by atoms with Crippen LogP contribution in [0.3, 0.4) is 0 Å². The number of rotatable bonds is 12. The Labute approximate surface area is 126 Å². The van der Waals surface area contributed by atoms with Crippen LogP contribution < -0.4 is 4.57 Å². The SMILES string of the molecule is CCCCCCCCCCCc1n(CCC)cc[n+]1C. The van der Waals surface area contributed by atoms with E-state index in [4.69, 9.17) is 0 Å². The highest BCUT2D eigenvalue weighted by Gasteiger charge is 2.12. The molecule has 0 atom stereocenters. The molecule has 1 rings (SSSR count). The van der Waals surface area contributed by atoms with Crippen molar-refractivity contribution in [3.8, 4) is 0 Å². The van der Waals surface area contributed by atoms with E-state index in [1.165, 1.54) is 76.5 Å². The number of aromatic nitrogens is 2. The summed E-state index contributed by atoms with van der Waals surface area (Å²) >= 11 is 0. The van der Waals surface area contributed by atoms with Gasteiger partial charge in [0.25, 0.3) is 5.82 Å². The van der Waals surface area contributed by atoms with Crippen LogP contribution in [0.5, 0.6) is 0 Å². The zero-order valence-electron chi connectivity index (χ0n) is 14.0. The predicted molar refractivity (Wildman–Crippen MR) is 86.8 cm³/mol. The molecule has 1 aromatic heterocycles. The maximum absolute atomic E-state index is 2.42. The zero-order valence-corrected chi connectivity index (χ0v) is 14.0. The number of imidazole rings is 1. The quantitative estimate of drug-likeness (QED) is 0.384. The standard InChI is InChI=1S/C18H35N2/c1-4-6-7-8-9-10-11-12-13-14-18-19(3)16-17-20(18)15-5-2/h16-17H,4-15H2,1-3H3/q+1. The molecular formula is C18H35N2+. The molecule has 0 spiro atoms. The van der Waals surface area contributed by atoms with Gasteiger partial charge in [-0.15, -0.1) is 0 Å². The van der Waals surface area contributed by atoms with E-state index < -0.39 is 0 Å². The maximum atomic E-state index is 2.42. The summed E-state index contributed by atoms with van der Waals surface area (Å²) in [4.78, 5) is 0. The molecule has 0 saturated carbocycles.